The van der Waals surface area contributed by atoms with E-state index in [4.69, 9.17) is 9.47 Å². The predicted octanol–water partition coefficient (Wildman–Crippen LogP) is 2.78. The Morgan fingerprint density at radius 3 is 2.54 bits per heavy atom. The van der Waals surface area contributed by atoms with Gasteiger partial charge in [-0.25, -0.2) is 4.79 Å². The topological polar surface area (TPSA) is 59.6 Å². The first kappa shape index (κ1) is 15.9. The maximum Gasteiger partial charge on any atom is 0.315 e. The minimum absolute atomic E-state index is 0.0390. The molecule has 3 fully saturated rings. The Bertz CT molecular complexity index is 561. The molecule has 2 amide bonds. The Morgan fingerprint density at radius 2 is 1.83 bits per heavy atom. The van der Waals surface area contributed by atoms with Gasteiger partial charge >= 0.3 is 6.03 Å². The van der Waals surface area contributed by atoms with Crippen molar-refractivity contribution in [2.45, 2.75) is 49.9 Å². The normalized spacial score (nSPS) is 28.7. The number of nitrogens with one attached hydrogen (secondary N) is 2. The third kappa shape index (κ3) is 3.57. The molecule has 0 radical (unpaired) electrons. The highest BCUT2D eigenvalue weighted by atomic mass is 16.7. The van der Waals surface area contributed by atoms with Crippen LogP contribution < -0.4 is 10.6 Å². The molecular formula is C19H26N2O3. The standard InChI is InChI=1S/C19H26N2O3/c22-18(20-13-15-12-17(15)14-4-2-1-3-5-14)21-16-6-8-19(9-7-16)23-10-11-24-19/h1-5,15-17H,6-13H2,(H2,20,21,22)/t15-,17+/m0/s1. The summed E-state index contributed by atoms with van der Waals surface area (Å²) in [4.78, 5) is 12.1. The van der Waals surface area contributed by atoms with Crippen molar-refractivity contribution in [2.75, 3.05) is 19.8 Å². The fraction of sp³-hybridized carbons (Fsp3) is 0.632. The van der Waals surface area contributed by atoms with Gasteiger partial charge in [-0.15, -0.1) is 0 Å². The predicted molar refractivity (Wildman–Crippen MR) is 90.7 cm³/mol. The molecule has 2 aliphatic carbocycles. The van der Waals surface area contributed by atoms with Crippen LogP contribution in [0.3, 0.4) is 0 Å². The molecular weight excluding hydrogens is 304 g/mol. The summed E-state index contributed by atoms with van der Waals surface area (Å²) in [5.41, 5.74) is 1.39. The largest absolute Gasteiger partial charge is 0.348 e. The van der Waals surface area contributed by atoms with Crippen LogP contribution in [0, 0.1) is 5.92 Å². The molecule has 0 bridgehead atoms. The Kier molecular flexibility index (Phi) is 4.46. The molecule has 4 rings (SSSR count). The average Bonchev–Trinajstić information content (AvgIpc) is 3.27. The lowest BCUT2D eigenvalue weighted by Gasteiger charge is -2.35. The summed E-state index contributed by atoms with van der Waals surface area (Å²) in [6.45, 7) is 2.15. The number of rotatable bonds is 4. The highest BCUT2D eigenvalue weighted by Gasteiger charge is 2.41. The van der Waals surface area contributed by atoms with Gasteiger partial charge in [-0.3, -0.25) is 0 Å². The van der Waals surface area contributed by atoms with Gasteiger partial charge in [0.1, 0.15) is 0 Å². The van der Waals surface area contributed by atoms with E-state index in [9.17, 15) is 4.79 Å². The summed E-state index contributed by atoms with van der Waals surface area (Å²) >= 11 is 0. The minimum atomic E-state index is -0.356. The molecule has 24 heavy (non-hydrogen) atoms. The third-order valence-electron chi connectivity index (χ3n) is 5.57. The van der Waals surface area contributed by atoms with Crippen molar-refractivity contribution < 1.29 is 14.3 Å². The van der Waals surface area contributed by atoms with Gasteiger partial charge in [0.2, 0.25) is 0 Å². The van der Waals surface area contributed by atoms with E-state index in [1.54, 1.807) is 0 Å². The van der Waals surface area contributed by atoms with Crippen LogP contribution in [0.5, 0.6) is 0 Å². The van der Waals surface area contributed by atoms with Gasteiger partial charge in [-0.1, -0.05) is 30.3 Å². The molecule has 2 atom stereocenters. The zero-order valence-corrected chi connectivity index (χ0v) is 14.0. The summed E-state index contributed by atoms with van der Waals surface area (Å²) < 4.78 is 11.5. The first-order chi connectivity index (χ1) is 11.7. The van der Waals surface area contributed by atoms with E-state index in [1.807, 2.05) is 6.07 Å². The Hall–Kier alpha value is -1.59. The van der Waals surface area contributed by atoms with Crippen LogP contribution in [0.25, 0.3) is 0 Å². The van der Waals surface area contributed by atoms with Crippen LogP contribution in [-0.2, 0) is 9.47 Å². The van der Waals surface area contributed by atoms with Crippen LogP contribution in [-0.4, -0.2) is 37.6 Å². The number of ether oxygens (including phenoxy) is 2. The van der Waals surface area contributed by atoms with Crippen molar-refractivity contribution in [1.29, 1.82) is 0 Å². The molecule has 1 aromatic carbocycles. The molecule has 5 nitrogen and oxygen atoms in total. The fourth-order valence-electron chi connectivity index (χ4n) is 4.03. The van der Waals surface area contributed by atoms with Crippen LogP contribution in [0.4, 0.5) is 4.79 Å². The van der Waals surface area contributed by atoms with Crippen molar-refractivity contribution in [3.8, 4) is 0 Å². The van der Waals surface area contributed by atoms with Crippen molar-refractivity contribution in [3.05, 3.63) is 35.9 Å². The number of hydrogen-bond donors (Lipinski definition) is 2. The molecule has 0 unspecified atom stereocenters. The van der Waals surface area contributed by atoms with Crippen molar-refractivity contribution in [3.63, 3.8) is 0 Å². The molecule has 1 spiro atoms. The third-order valence-corrected chi connectivity index (χ3v) is 5.57. The lowest BCUT2D eigenvalue weighted by molar-refractivity contribution is -0.179. The number of hydrogen-bond acceptors (Lipinski definition) is 3. The van der Waals surface area contributed by atoms with Crippen LogP contribution in [0.15, 0.2) is 30.3 Å². The second-order valence-corrected chi connectivity index (χ2v) is 7.25. The minimum Gasteiger partial charge on any atom is -0.348 e. The first-order valence-corrected chi connectivity index (χ1v) is 9.11. The number of carbonyl (C=O) groups is 1. The summed E-state index contributed by atoms with van der Waals surface area (Å²) in [5, 5.41) is 6.14. The van der Waals surface area contributed by atoms with E-state index in [-0.39, 0.29) is 17.9 Å². The average molecular weight is 330 g/mol. The van der Waals surface area contributed by atoms with Crippen molar-refractivity contribution in [2.24, 2.45) is 5.92 Å². The summed E-state index contributed by atoms with van der Waals surface area (Å²) in [5.74, 6) is 0.830. The van der Waals surface area contributed by atoms with Crippen molar-refractivity contribution in [1.82, 2.24) is 10.6 Å². The molecule has 5 heteroatoms. The SMILES string of the molecule is O=C(NC[C@@H]1C[C@@H]1c1ccccc1)NC1CCC2(CC1)OCCO2. The van der Waals surface area contributed by atoms with Gasteiger partial charge in [0.05, 0.1) is 13.2 Å². The maximum absolute atomic E-state index is 12.1. The number of amides is 2. The second kappa shape index (κ2) is 6.73. The van der Waals surface area contributed by atoms with E-state index in [0.29, 0.717) is 25.0 Å². The quantitative estimate of drug-likeness (QED) is 0.892. The molecule has 1 aliphatic heterocycles. The lowest BCUT2D eigenvalue weighted by atomic mass is 9.90. The van der Waals surface area contributed by atoms with Gasteiger partial charge in [0.25, 0.3) is 0 Å². The van der Waals surface area contributed by atoms with Crippen molar-refractivity contribution >= 4 is 6.03 Å². The highest BCUT2D eigenvalue weighted by molar-refractivity contribution is 5.74. The van der Waals surface area contributed by atoms with Crippen LogP contribution >= 0.6 is 0 Å². The maximum atomic E-state index is 12.1. The molecule has 1 aromatic rings. The zero-order valence-electron chi connectivity index (χ0n) is 14.0. The van der Waals surface area contributed by atoms with E-state index >= 15 is 0 Å². The molecule has 1 saturated heterocycles. The van der Waals surface area contributed by atoms with E-state index in [0.717, 1.165) is 32.2 Å². The Balaban J connectivity index is 1.16. The monoisotopic (exact) mass is 330 g/mol. The van der Waals surface area contributed by atoms with Gasteiger partial charge in [0.15, 0.2) is 5.79 Å². The smallest absolute Gasteiger partial charge is 0.315 e. The molecule has 2 saturated carbocycles. The number of benzene rings is 1. The highest BCUT2D eigenvalue weighted by Crippen LogP contribution is 2.46. The molecule has 130 valence electrons. The second-order valence-electron chi connectivity index (χ2n) is 7.25. The zero-order chi connectivity index (χ0) is 16.4. The first-order valence-electron chi connectivity index (χ1n) is 9.11. The van der Waals surface area contributed by atoms with E-state index < -0.39 is 0 Å². The van der Waals surface area contributed by atoms with Crippen LogP contribution in [0.1, 0.15) is 43.6 Å². The Labute approximate surface area is 143 Å². The molecule has 0 aromatic heterocycles. The number of urea groups is 1. The molecule has 1 heterocycles. The summed E-state index contributed by atoms with van der Waals surface area (Å²) in [7, 11) is 0. The molecule has 3 aliphatic rings. The van der Waals surface area contributed by atoms with Gasteiger partial charge in [-0.2, -0.15) is 0 Å². The van der Waals surface area contributed by atoms with Gasteiger partial charge in [0, 0.05) is 25.4 Å². The number of carbonyl (C=O) groups excluding carboxylic acids is 1. The van der Waals surface area contributed by atoms with Gasteiger partial charge in [-0.05, 0) is 36.7 Å². The van der Waals surface area contributed by atoms with E-state index in [2.05, 4.69) is 34.9 Å². The fourth-order valence-corrected chi connectivity index (χ4v) is 4.03. The Morgan fingerprint density at radius 1 is 1.12 bits per heavy atom. The summed E-state index contributed by atoms with van der Waals surface area (Å²) in [6.07, 6.45) is 4.76. The summed E-state index contributed by atoms with van der Waals surface area (Å²) in [6, 6.07) is 10.8. The van der Waals surface area contributed by atoms with E-state index in [1.165, 1.54) is 12.0 Å². The van der Waals surface area contributed by atoms with Gasteiger partial charge < -0.3 is 20.1 Å². The lowest BCUT2D eigenvalue weighted by Crippen LogP contribution is -2.47. The molecule has 2 N–H and O–H groups in total. The van der Waals surface area contributed by atoms with Crippen LogP contribution in [0.2, 0.25) is 0 Å².